The minimum atomic E-state index is -1.17. The summed E-state index contributed by atoms with van der Waals surface area (Å²) in [5.74, 6) is 0.652. The van der Waals surface area contributed by atoms with Crippen molar-refractivity contribution in [3.63, 3.8) is 0 Å². The molecule has 5 rings (SSSR count). The molecular weight excluding hydrogens is 511 g/mol. The average Bonchev–Trinajstić information content (AvgIpc) is 3.59. The van der Waals surface area contributed by atoms with Crippen LogP contribution in [0.1, 0.15) is 75.0 Å². The molecule has 3 heterocycles. The summed E-state index contributed by atoms with van der Waals surface area (Å²) in [4.78, 5) is 33.9. The van der Waals surface area contributed by atoms with Gasteiger partial charge in [-0.05, 0) is 49.7 Å². The van der Waals surface area contributed by atoms with Gasteiger partial charge < -0.3 is 19.5 Å². The zero-order valence-electron chi connectivity index (χ0n) is 21.7. The molecule has 3 aliphatic rings. The van der Waals surface area contributed by atoms with E-state index < -0.39 is 5.60 Å². The smallest absolute Gasteiger partial charge is 0.255 e. The third kappa shape index (κ3) is 5.02. The molecule has 2 fully saturated rings. The van der Waals surface area contributed by atoms with E-state index in [1.807, 2.05) is 6.07 Å². The predicted octanol–water partition coefficient (Wildman–Crippen LogP) is 5.20. The monoisotopic (exact) mass is 546 g/mol. The lowest BCUT2D eigenvalue weighted by Crippen LogP contribution is -2.53. The van der Waals surface area contributed by atoms with Crippen LogP contribution in [0.2, 0.25) is 10.2 Å². The van der Waals surface area contributed by atoms with Crippen LogP contribution in [0.15, 0.2) is 18.2 Å². The summed E-state index contributed by atoms with van der Waals surface area (Å²) in [6, 6.07) is 5.39. The molecule has 1 saturated carbocycles. The normalized spacial score (nSPS) is 22.6. The van der Waals surface area contributed by atoms with Crippen molar-refractivity contribution in [1.82, 2.24) is 19.4 Å². The van der Waals surface area contributed by atoms with Gasteiger partial charge in [0.25, 0.3) is 11.8 Å². The number of unbranched alkanes of at least 4 members (excludes halogenated alkanes) is 1. The molecule has 2 aromatic rings. The summed E-state index contributed by atoms with van der Waals surface area (Å²) >= 11 is 13.4. The lowest BCUT2D eigenvalue weighted by molar-refractivity contribution is -0.143. The summed E-state index contributed by atoms with van der Waals surface area (Å²) in [5.41, 5.74) is 1.06. The predicted molar refractivity (Wildman–Crippen MR) is 145 cm³/mol. The van der Waals surface area contributed by atoms with Gasteiger partial charge in [0.1, 0.15) is 22.3 Å². The molecule has 1 atom stereocenters. The maximum Gasteiger partial charge on any atom is 0.255 e. The second-order valence-corrected chi connectivity index (χ2v) is 11.8. The van der Waals surface area contributed by atoms with Gasteiger partial charge in [-0.3, -0.25) is 9.59 Å². The molecule has 0 bridgehead atoms. The standard InChI is InChI=1S/C28H36Cl2N4O3/c1-3-5-8-27(4-2)11-12-34-22(18-27)31-23(24(34)30)19-6-7-20(21(29)17-19)25(35)32-13-15-33(16-14-32)26(36)28(37)9-10-28/h6-7,17,37H,3-5,8-16,18H2,1-2H3. The summed E-state index contributed by atoms with van der Waals surface area (Å²) in [7, 11) is 0. The lowest BCUT2D eigenvalue weighted by atomic mass is 9.73. The Bertz CT molecular complexity index is 1200. The number of benzene rings is 1. The van der Waals surface area contributed by atoms with Crippen molar-refractivity contribution >= 4 is 35.0 Å². The number of aliphatic hydroxyl groups is 1. The third-order valence-corrected chi connectivity index (χ3v) is 9.34. The summed E-state index contributed by atoms with van der Waals surface area (Å²) < 4.78 is 2.13. The fraction of sp³-hybridized carbons (Fsp3) is 0.607. The number of hydrogen-bond donors (Lipinski definition) is 1. The van der Waals surface area contributed by atoms with Crippen LogP contribution in [-0.4, -0.2) is 68.1 Å². The van der Waals surface area contributed by atoms with E-state index in [1.54, 1.807) is 21.9 Å². The van der Waals surface area contributed by atoms with Gasteiger partial charge >= 0.3 is 0 Å². The van der Waals surface area contributed by atoms with Crippen molar-refractivity contribution in [3.8, 4) is 11.3 Å². The van der Waals surface area contributed by atoms with E-state index >= 15 is 0 Å². The van der Waals surface area contributed by atoms with Crippen LogP contribution in [0.5, 0.6) is 0 Å². The number of aromatic nitrogens is 2. The molecule has 200 valence electrons. The van der Waals surface area contributed by atoms with E-state index in [-0.39, 0.29) is 17.2 Å². The highest BCUT2D eigenvalue weighted by Crippen LogP contribution is 2.43. The summed E-state index contributed by atoms with van der Waals surface area (Å²) in [5, 5.41) is 11.1. The molecule has 1 unspecified atom stereocenters. The van der Waals surface area contributed by atoms with Crippen LogP contribution in [-0.2, 0) is 17.8 Å². The maximum absolute atomic E-state index is 13.2. The number of halogens is 2. The second kappa shape index (κ2) is 10.2. The number of imidazole rings is 1. The fourth-order valence-corrected chi connectivity index (χ4v) is 6.38. The topological polar surface area (TPSA) is 78.7 Å². The summed E-state index contributed by atoms with van der Waals surface area (Å²) in [6.45, 7) is 7.04. The first-order valence-electron chi connectivity index (χ1n) is 13.6. The molecule has 2 amide bonds. The van der Waals surface area contributed by atoms with Crippen LogP contribution in [0, 0.1) is 5.41 Å². The molecule has 1 aromatic heterocycles. The number of carbonyl (C=O) groups is 2. The highest BCUT2D eigenvalue weighted by atomic mass is 35.5. The number of hydrogen-bond acceptors (Lipinski definition) is 4. The number of carbonyl (C=O) groups excluding carboxylic acids is 2. The van der Waals surface area contributed by atoms with E-state index in [0.717, 1.165) is 37.2 Å². The Kier molecular flexibility index (Phi) is 7.33. The van der Waals surface area contributed by atoms with Crippen molar-refractivity contribution in [3.05, 3.63) is 39.8 Å². The molecule has 7 nitrogen and oxygen atoms in total. The average molecular weight is 548 g/mol. The lowest BCUT2D eigenvalue weighted by Gasteiger charge is -2.37. The molecule has 1 aliphatic carbocycles. The van der Waals surface area contributed by atoms with Crippen molar-refractivity contribution in [2.75, 3.05) is 26.2 Å². The van der Waals surface area contributed by atoms with Crippen LogP contribution in [0.3, 0.4) is 0 Å². The van der Waals surface area contributed by atoms with E-state index in [1.165, 1.54) is 19.3 Å². The molecule has 2 aliphatic heterocycles. The Hall–Kier alpha value is -2.09. The second-order valence-electron chi connectivity index (χ2n) is 11.0. The Morgan fingerprint density at radius 1 is 1.03 bits per heavy atom. The number of piperazine rings is 1. The Morgan fingerprint density at radius 2 is 1.73 bits per heavy atom. The number of nitrogens with zero attached hydrogens (tertiary/aromatic N) is 4. The van der Waals surface area contributed by atoms with E-state index in [0.29, 0.717) is 60.5 Å². The van der Waals surface area contributed by atoms with Crippen molar-refractivity contribution in [2.24, 2.45) is 5.41 Å². The van der Waals surface area contributed by atoms with Gasteiger partial charge in [-0.15, -0.1) is 0 Å². The minimum absolute atomic E-state index is 0.160. The van der Waals surface area contributed by atoms with Crippen molar-refractivity contribution in [2.45, 2.75) is 77.4 Å². The van der Waals surface area contributed by atoms with E-state index in [4.69, 9.17) is 28.2 Å². The molecule has 0 radical (unpaired) electrons. The Balaban J connectivity index is 1.29. The van der Waals surface area contributed by atoms with Gasteiger partial charge in [-0.25, -0.2) is 4.98 Å². The van der Waals surface area contributed by atoms with Gasteiger partial charge in [0.2, 0.25) is 0 Å². The Labute approximate surface area is 228 Å². The molecule has 1 N–H and O–H groups in total. The molecule has 0 spiro atoms. The number of amides is 2. The first-order valence-corrected chi connectivity index (χ1v) is 14.3. The number of rotatable bonds is 7. The van der Waals surface area contributed by atoms with Crippen LogP contribution in [0.25, 0.3) is 11.3 Å². The van der Waals surface area contributed by atoms with Gasteiger partial charge in [-0.2, -0.15) is 0 Å². The van der Waals surface area contributed by atoms with E-state index in [9.17, 15) is 14.7 Å². The Morgan fingerprint density at radius 3 is 2.35 bits per heavy atom. The molecule has 9 heteroatoms. The van der Waals surface area contributed by atoms with Gasteiger partial charge in [0, 0.05) is 44.7 Å². The largest absolute Gasteiger partial charge is 0.380 e. The summed E-state index contributed by atoms with van der Waals surface area (Å²) in [6.07, 6.45) is 7.86. The highest BCUT2D eigenvalue weighted by molar-refractivity contribution is 6.34. The fourth-order valence-electron chi connectivity index (χ4n) is 5.78. The maximum atomic E-state index is 13.2. The van der Waals surface area contributed by atoms with Gasteiger partial charge in [-0.1, -0.05) is 56.0 Å². The van der Waals surface area contributed by atoms with Gasteiger partial charge in [0.05, 0.1) is 10.6 Å². The SMILES string of the molecule is CCCCC1(CC)CCn2c(nc(-c3ccc(C(=O)N4CCN(C(=O)C5(O)CC5)CC4)c(Cl)c3)c2Cl)C1. The zero-order valence-corrected chi connectivity index (χ0v) is 23.2. The van der Waals surface area contributed by atoms with Gasteiger partial charge in [0.15, 0.2) is 0 Å². The van der Waals surface area contributed by atoms with Crippen molar-refractivity contribution < 1.29 is 14.7 Å². The van der Waals surface area contributed by atoms with Crippen LogP contribution in [0.4, 0.5) is 0 Å². The van der Waals surface area contributed by atoms with Crippen LogP contribution >= 0.6 is 23.2 Å². The molecule has 1 aromatic carbocycles. The molecule has 37 heavy (non-hydrogen) atoms. The molecule has 1 saturated heterocycles. The third-order valence-electron chi connectivity index (χ3n) is 8.64. The zero-order chi connectivity index (χ0) is 26.4. The highest BCUT2D eigenvalue weighted by Gasteiger charge is 2.50. The first kappa shape index (κ1) is 26.5. The van der Waals surface area contributed by atoms with Crippen LogP contribution < -0.4 is 0 Å². The minimum Gasteiger partial charge on any atom is -0.380 e. The van der Waals surface area contributed by atoms with Crippen molar-refractivity contribution in [1.29, 1.82) is 0 Å². The number of fused-ring (bicyclic) bond motifs is 1. The molecular formula is C28H36Cl2N4O3. The first-order chi connectivity index (χ1) is 17.7. The van der Waals surface area contributed by atoms with E-state index in [2.05, 4.69) is 18.4 Å². The quantitative estimate of drug-likeness (QED) is 0.517.